The number of aliphatic imine (C=N–C) groups is 2. The molecule has 0 radical (unpaired) electrons. The van der Waals surface area contributed by atoms with Gasteiger partial charge < -0.3 is 10.6 Å². The van der Waals surface area contributed by atoms with Crippen molar-refractivity contribution in [3.63, 3.8) is 0 Å². The molecule has 2 heterocycles. The Morgan fingerprint density at radius 1 is 1.17 bits per heavy atom. The lowest BCUT2D eigenvalue weighted by molar-refractivity contribution is 0.241. The predicted molar refractivity (Wildman–Crippen MR) is 140 cm³/mol. The number of sulfonamides is 1. The van der Waals surface area contributed by atoms with Gasteiger partial charge in [0.2, 0.25) is 10.0 Å². The predicted octanol–water partition coefficient (Wildman–Crippen LogP) is 4.14. The molecule has 2 aliphatic rings. The molecule has 0 spiro atoms. The van der Waals surface area contributed by atoms with Crippen LogP contribution >= 0.6 is 11.3 Å². The number of nitrogens with zero attached hydrogens (tertiary/aromatic N) is 3. The highest BCUT2D eigenvalue weighted by Gasteiger charge is 2.40. The second kappa shape index (κ2) is 11.6. The van der Waals surface area contributed by atoms with Crippen LogP contribution in [0, 0.1) is 5.82 Å². The van der Waals surface area contributed by atoms with Gasteiger partial charge in [-0.15, -0.1) is 11.3 Å². The summed E-state index contributed by atoms with van der Waals surface area (Å²) in [6, 6.07) is 9.61. The van der Waals surface area contributed by atoms with Crippen LogP contribution in [0.2, 0.25) is 0 Å². The van der Waals surface area contributed by atoms with Crippen molar-refractivity contribution >= 4 is 33.7 Å². The van der Waals surface area contributed by atoms with Crippen molar-refractivity contribution in [3.05, 3.63) is 52.5 Å². The number of guanidine groups is 1. The van der Waals surface area contributed by atoms with Crippen LogP contribution in [0.25, 0.3) is 0 Å². The maximum Gasteiger partial charge on any atom is 0.243 e. The second-order valence-corrected chi connectivity index (χ2v) is 12.2. The van der Waals surface area contributed by atoms with Crippen LogP contribution in [0.5, 0.6) is 0 Å². The molecule has 1 aromatic carbocycles. The van der Waals surface area contributed by atoms with E-state index in [-0.39, 0.29) is 10.3 Å². The molecule has 1 saturated heterocycles. The molecule has 10 heteroatoms. The van der Waals surface area contributed by atoms with Crippen molar-refractivity contribution in [2.45, 2.75) is 61.3 Å². The molecule has 4 rings (SSSR count). The zero-order valence-electron chi connectivity index (χ0n) is 20.1. The molecule has 1 aliphatic carbocycles. The standard InChI is InChI=1S/C25H34FN5O2S2/c1-27-19-29-24(30-21-6-3-2-4-7-21)28-18-25(23-8-5-17-34-23)13-15-31(16-14-25)35(32,33)22-11-9-20(26)10-12-22/h5,8-12,17,19,21H,2-4,6-7,13-16,18H2,1H3,(H2,27,28,29,30). The van der Waals surface area contributed by atoms with E-state index in [0.29, 0.717) is 38.5 Å². The highest BCUT2D eigenvalue weighted by molar-refractivity contribution is 7.89. The third-order valence-corrected chi connectivity index (χ3v) is 10.0. The second-order valence-electron chi connectivity index (χ2n) is 9.29. The fourth-order valence-electron chi connectivity index (χ4n) is 4.90. The summed E-state index contributed by atoms with van der Waals surface area (Å²) < 4.78 is 41.1. The zero-order chi connectivity index (χ0) is 24.7. The van der Waals surface area contributed by atoms with Crippen molar-refractivity contribution < 1.29 is 12.8 Å². The molecule has 0 bridgehead atoms. The molecule has 2 fully saturated rings. The molecule has 1 aliphatic heterocycles. The van der Waals surface area contributed by atoms with Crippen molar-refractivity contribution in [2.75, 3.05) is 26.7 Å². The summed E-state index contributed by atoms with van der Waals surface area (Å²) in [6.45, 7) is 1.34. The minimum Gasteiger partial charge on any atom is -0.353 e. The third-order valence-electron chi connectivity index (χ3n) is 6.99. The summed E-state index contributed by atoms with van der Waals surface area (Å²) in [5.74, 6) is 0.274. The van der Waals surface area contributed by atoms with Gasteiger partial charge in [0.05, 0.1) is 17.8 Å². The number of nitrogens with one attached hydrogen (secondary N) is 2. The first kappa shape index (κ1) is 25.8. The Morgan fingerprint density at radius 2 is 1.89 bits per heavy atom. The summed E-state index contributed by atoms with van der Waals surface area (Å²) in [5.41, 5.74) is -0.243. The number of rotatable bonds is 7. The fraction of sp³-hybridized carbons (Fsp3) is 0.520. The van der Waals surface area contributed by atoms with Gasteiger partial charge in [0.25, 0.3) is 0 Å². The van der Waals surface area contributed by atoms with Gasteiger partial charge in [0.15, 0.2) is 5.96 Å². The summed E-state index contributed by atoms with van der Waals surface area (Å²) >= 11 is 1.69. The summed E-state index contributed by atoms with van der Waals surface area (Å²) in [5, 5.41) is 8.82. The van der Waals surface area contributed by atoms with E-state index in [9.17, 15) is 12.8 Å². The normalized spacial score (nSPS) is 20.2. The Kier molecular flexibility index (Phi) is 8.56. The zero-order valence-corrected chi connectivity index (χ0v) is 21.8. The Balaban J connectivity index is 1.51. The average molecular weight is 520 g/mol. The molecule has 0 unspecified atom stereocenters. The van der Waals surface area contributed by atoms with E-state index in [4.69, 9.17) is 4.99 Å². The summed E-state index contributed by atoms with van der Waals surface area (Å²) in [6.07, 6.45) is 8.98. The lowest BCUT2D eigenvalue weighted by Crippen LogP contribution is -2.48. The van der Waals surface area contributed by atoms with Crippen LogP contribution in [-0.4, -0.2) is 57.7 Å². The van der Waals surface area contributed by atoms with Gasteiger partial charge in [0, 0.05) is 36.5 Å². The number of thiophene rings is 1. The highest BCUT2D eigenvalue weighted by Crippen LogP contribution is 2.39. The van der Waals surface area contributed by atoms with Gasteiger partial charge >= 0.3 is 0 Å². The average Bonchev–Trinajstić information content (AvgIpc) is 3.43. The van der Waals surface area contributed by atoms with Crippen LogP contribution < -0.4 is 10.6 Å². The van der Waals surface area contributed by atoms with Crippen LogP contribution in [-0.2, 0) is 15.4 Å². The topological polar surface area (TPSA) is 86.2 Å². The molecule has 190 valence electrons. The molecule has 2 aromatic rings. The Hall–Kier alpha value is -2.30. The van der Waals surface area contributed by atoms with Crippen LogP contribution in [0.4, 0.5) is 4.39 Å². The monoisotopic (exact) mass is 519 g/mol. The fourth-order valence-corrected chi connectivity index (χ4v) is 7.32. The molecule has 2 N–H and O–H groups in total. The van der Waals surface area contributed by atoms with E-state index >= 15 is 0 Å². The maximum atomic E-state index is 13.3. The first-order chi connectivity index (χ1) is 16.9. The Bertz CT molecular complexity index is 1100. The number of hydrogen-bond acceptors (Lipinski definition) is 5. The smallest absolute Gasteiger partial charge is 0.243 e. The number of piperidine rings is 1. The molecule has 1 saturated carbocycles. The van der Waals surface area contributed by atoms with Crippen LogP contribution in [0.15, 0.2) is 56.7 Å². The molecular weight excluding hydrogens is 485 g/mol. The van der Waals surface area contributed by atoms with Gasteiger partial charge in [-0.1, -0.05) is 25.3 Å². The van der Waals surface area contributed by atoms with Crippen molar-refractivity contribution in [1.29, 1.82) is 0 Å². The van der Waals surface area contributed by atoms with Gasteiger partial charge in [-0.25, -0.2) is 12.8 Å². The molecule has 0 amide bonds. The van der Waals surface area contributed by atoms with E-state index < -0.39 is 15.8 Å². The minimum atomic E-state index is -3.67. The number of hydrogen-bond donors (Lipinski definition) is 2. The third kappa shape index (κ3) is 6.29. The number of benzene rings is 1. The minimum absolute atomic E-state index is 0.127. The lowest BCUT2D eigenvalue weighted by atomic mass is 9.77. The Labute approximate surface area is 211 Å². The molecule has 7 nitrogen and oxygen atoms in total. The van der Waals surface area contributed by atoms with E-state index in [1.165, 1.54) is 52.7 Å². The largest absolute Gasteiger partial charge is 0.353 e. The quantitative estimate of drug-likeness (QED) is 0.425. The molecule has 1 aromatic heterocycles. The van der Waals surface area contributed by atoms with Crippen molar-refractivity contribution in [1.82, 2.24) is 14.9 Å². The molecule has 0 atom stereocenters. The van der Waals surface area contributed by atoms with Gasteiger partial charge in [-0.3, -0.25) is 9.98 Å². The van der Waals surface area contributed by atoms with Crippen LogP contribution in [0.3, 0.4) is 0 Å². The summed E-state index contributed by atoms with van der Waals surface area (Å²) in [4.78, 5) is 10.4. The van der Waals surface area contributed by atoms with Crippen molar-refractivity contribution in [3.8, 4) is 0 Å². The first-order valence-electron chi connectivity index (χ1n) is 12.2. The van der Waals surface area contributed by atoms with Gasteiger partial charge in [-0.2, -0.15) is 4.31 Å². The van der Waals surface area contributed by atoms with Crippen molar-refractivity contribution in [2.24, 2.45) is 9.98 Å². The summed E-state index contributed by atoms with van der Waals surface area (Å²) in [7, 11) is -1.95. The van der Waals surface area contributed by atoms with Gasteiger partial charge in [0.1, 0.15) is 5.82 Å². The molecular formula is C25H34FN5O2S2. The maximum absolute atomic E-state index is 13.3. The van der Waals surface area contributed by atoms with E-state index in [0.717, 1.165) is 18.8 Å². The van der Waals surface area contributed by atoms with E-state index in [2.05, 4.69) is 27.1 Å². The molecule has 35 heavy (non-hydrogen) atoms. The highest BCUT2D eigenvalue weighted by atomic mass is 32.2. The van der Waals surface area contributed by atoms with E-state index in [1.54, 1.807) is 24.7 Å². The Morgan fingerprint density at radius 3 is 2.51 bits per heavy atom. The van der Waals surface area contributed by atoms with Crippen LogP contribution in [0.1, 0.15) is 49.8 Å². The van der Waals surface area contributed by atoms with Gasteiger partial charge in [-0.05, 0) is 61.4 Å². The SMILES string of the molecule is CN=CNC(=NCC1(c2cccs2)CCN(S(=O)(=O)c2ccc(F)cc2)CC1)NC1CCCCC1. The lowest BCUT2D eigenvalue weighted by Gasteiger charge is -2.40. The van der Waals surface area contributed by atoms with E-state index in [1.807, 2.05) is 6.07 Å². The first-order valence-corrected chi connectivity index (χ1v) is 14.5. The number of halogens is 1.